The molecule has 0 aromatic heterocycles. The van der Waals surface area contributed by atoms with E-state index in [2.05, 4.69) is 4.99 Å². The predicted octanol–water partition coefficient (Wildman–Crippen LogP) is 0.186. The Morgan fingerprint density at radius 1 is 1.46 bits per heavy atom. The predicted molar refractivity (Wildman–Crippen MR) is 49.8 cm³/mol. The molecule has 0 bridgehead atoms. The highest BCUT2D eigenvalue weighted by molar-refractivity contribution is 5.84. The molecule has 0 atom stereocenters. The maximum atomic E-state index is 9.25. The van der Waals surface area contributed by atoms with Gasteiger partial charge in [0.2, 0.25) is 0 Å². The third-order valence-corrected chi connectivity index (χ3v) is 2.37. The van der Waals surface area contributed by atoms with E-state index < -0.39 is 5.41 Å². The minimum Gasteiger partial charge on any atom is -0.478 e. The van der Waals surface area contributed by atoms with Crippen LogP contribution in [0.5, 0.6) is 0 Å². The quantitative estimate of drug-likeness (QED) is 0.645. The average molecular weight is 187 g/mol. The molecule has 1 aliphatic heterocycles. The van der Waals surface area contributed by atoms with Gasteiger partial charge in [0, 0.05) is 0 Å². The van der Waals surface area contributed by atoms with E-state index in [0.717, 1.165) is 6.42 Å². The second-order valence-corrected chi connectivity index (χ2v) is 3.38. The summed E-state index contributed by atoms with van der Waals surface area (Å²) < 4.78 is 5.28. The number of nitrogens with zero attached hydrogens (tertiary/aromatic N) is 1. The molecule has 0 aromatic rings. The summed E-state index contributed by atoms with van der Waals surface area (Å²) in [5, 5.41) is 18.5. The van der Waals surface area contributed by atoms with Gasteiger partial charge in [-0.25, -0.2) is 0 Å². The summed E-state index contributed by atoms with van der Waals surface area (Å²) in [6, 6.07) is 0. The lowest BCUT2D eigenvalue weighted by Crippen LogP contribution is -2.38. The van der Waals surface area contributed by atoms with E-state index in [1.165, 1.54) is 0 Å². The molecule has 0 amide bonds. The van der Waals surface area contributed by atoms with Crippen molar-refractivity contribution in [3.05, 3.63) is 0 Å². The zero-order valence-corrected chi connectivity index (χ0v) is 7.99. The van der Waals surface area contributed by atoms with Gasteiger partial charge in [-0.1, -0.05) is 13.3 Å². The summed E-state index contributed by atoms with van der Waals surface area (Å²) in [5.41, 5.74) is -0.648. The van der Waals surface area contributed by atoms with Crippen molar-refractivity contribution in [3.63, 3.8) is 0 Å². The van der Waals surface area contributed by atoms with Crippen molar-refractivity contribution < 1.29 is 14.9 Å². The normalized spacial score (nSPS) is 17.0. The first-order valence-corrected chi connectivity index (χ1v) is 4.68. The molecule has 1 rings (SSSR count). The fraction of sp³-hybridized carbons (Fsp3) is 0.889. The first kappa shape index (κ1) is 10.5. The van der Waals surface area contributed by atoms with Crippen LogP contribution in [0.15, 0.2) is 4.99 Å². The topological polar surface area (TPSA) is 62.0 Å². The molecule has 0 aliphatic carbocycles. The van der Waals surface area contributed by atoms with Crippen LogP contribution in [0.3, 0.4) is 0 Å². The van der Waals surface area contributed by atoms with Gasteiger partial charge in [-0.15, -0.1) is 0 Å². The van der Waals surface area contributed by atoms with Gasteiger partial charge >= 0.3 is 0 Å². The van der Waals surface area contributed by atoms with Gasteiger partial charge in [-0.2, -0.15) is 0 Å². The van der Waals surface area contributed by atoms with Crippen LogP contribution >= 0.6 is 0 Å². The second-order valence-electron chi connectivity index (χ2n) is 3.38. The van der Waals surface area contributed by atoms with Crippen molar-refractivity contribution in [2.24, 2.45) is 10.4 Å². The van der Waals surface area contributed by atoms with Crippen molar-refractivity contribution in [1.82, 2.24) is 0 Å². The van der Waals surface area contributed by atoms with Gasteiger partial charge in [-0.3, -0.25) is 4.99 Å². The van der Waals surface area contributed by atoms with Crippen molar-refractivity contribution in [3.8, 4) is 0 Å². The third kappa shape index (κ3) is 2.00. The molecule has 4 heteroatoms. The van der Waals surface area contributed by atoms with Gasteiger partial charge in [0.1, 0.15) is 6.61 Å². The maximum Gasteiger partial charge on any atom is 0.194 e. The number of aliphatic hydroxyl groups is 2. The Morgan fingerprint density at radius 2 is 2.15 bits per heavy atom. The number of hydrogen-bond donors (Lipinski definition) is 2. The van der Waals surface area contributed by atoms with Gasteiger partial charge in [0.05, 0.1) is 25.2 Å². The zero-order chi connectivity index (χ0) is 9.73. The summed E-state index contributed by atoms with van der Waals surface area (Å²) in [6.07, 6.45) is 1.60. The Hall–Kier alpha value is -0.610. The third-order valence-electron chi connectivity index (χ3n) is 2.37. The number of ether oxygens (including phenoxy) is 1. The molecule has 0 fully saturated rings. The maximum absolute atomic E-state index is 9.25. The summed E-state index contributed by atoms with van der Waals surface area (Å²) in [5.74, 6) is 0.527. The first-order chi connectivity index (χ1) is 6.29. The van der Waals surface area contributed by atoms with Crippen LogP contribution in [0, 0.1) is 5.41 Å². The summed E-state index contributed by atoms with van der Waals surface area (Å²) in [7, 11) is 0. The van der Waals surface area contributed by atoms with Gasteiger partial charge < -0.3 is 14.9 Å². The monoisotopic (exact) mass is 187 g/mol. The average Bonchev–Trinajstić information content (AvgIpc) is 2.68. The fourth-order valence-electron chi connectivity index (χ4n) is 1.58. The minimum absolute atomic E-state index is 0.101. The highest BCUT2D eigenvalue weighted by Crippen LogP contribution is 2.27. The number of rotatable bonds is 5. The number of hydrogen-bond acceptors (Lipinski definition) is 4. The van der Waals surface area contributed by atoms with Crippen molar-refractivity contribution in [1.29, 1.82) is 0 Å². The largest absolute Gasteiger partial charge is 0.478 e. The Morgan fingerprint density at radius 3 is 2.54 bits per heavy atom. The van der Waals surface area contributed by atoms with Crippen LogP contribution in [-0.4, -0.2) is 42.5 Å². The lowest BCUT2D eigenvalue weighted by atomic mass is 9.85. The van der Waals surface area contributed by atoms with E-state index in [9.17, 15) is 10.2 Å². The standard InChI is InChI=1S/C9H17NO3/c1-2-3-9(6-11,7-12)8-10-4-5-13-8/h11-12H,2-7H2,1H3. The fourth-order valence-corrected chi connectivity index (χ4v) is 1.58. The molecule has 76 valence electrons. The summed E-state index contributed by atoms with van der Waals surface area (Å²) >= 11 is 0. The lowest BCUT2D eigenvalue weighted by Gasteiger charge is -2.28. The zero-order valence-electron chi connectivity index (χ0n) is 7.99. The number of aliphatic hydroxyl groups excluding tert-OH is 2. The van der Waals surface area contributed by atoms with Gasteiger partial charge in [0.25, 0.3) is 0 Å². The van der Waals surface area contributed by atoms with E-state index >= 15 is 0 Å². The van der Waals surface area contributed by atoms with Crippen LogP contribution in [0.1, 0.15) is 19.8 Å². The molecule has 0 saturated heterocycles. The van der Waals surface area contributed by atoms with Crippen LogP contribution in [-0.2, 0) is 4.74 Å². The van der Waals surface area contributed by atoms with Crippen molar-refractivity contribution >= 4 is 5.90 Å². The van der Waals surface area contributed by atoms with Gasteiger partial charge in [-0.05, 0) is 6.42 Å². The van der Waals surface area contributed by atoms with E-state index in [-0.39, 0.29) is 13.2 Å². The van der Waals surface area contributed by atoms with Crippen LogP contribution in [0.25, 0.3) is 0 Å². The van der Waals surface area contributed by atoms with Gasteiger partial charge in [0.15, 0.2) is 5.90 Å². The Labute approximate surface area is 78.3 Å². The second kappa shape index (κ2) is 4.58. The Balaban J connectivity index is 2.74. The van der Waals surface area contributed by atoms with Crippen LogP contribution in [0.4, 0.5) is 0 Å². The summed E-state index contributed by atoms with van der Waals surface area (Å²) in [4.78, 5) is 4.14. The molecule has 0 radical (unpaired) electrons. The van der Waals surface area contributed by atoms with Crippen LogP contribution in [0.2, 0.25) is 0 Å². The van der Waals surface area contributed by atoms with E-state index in [0.29, 0.717) is 25.5 Å². The Bertz CT molecular complexity index is 187. The highest BCUT2D eigenvalue weighted by atomic mass is 16.5. The molecule has 0 aromatic carbocycles. The Kier molecular flexibility index (Phi) is 3.69. The SMILES string of the molecule is CCCC(CO)(CO)C1=NCCO1. The molecule has 0 saturated carbocycles. The molecular weight excluding hydrogens is 170 g/mol. The highest BCUT2D eigenvalue weighted by Gasteiger charge is 2.37. The van der Waals surface area contributed by atoms with E-state index in [1.54, 1.807) is 0 Å². The molecule has 13 heavy (non-hydrogen) atoms. The van der Waals surface area contributed by atoms with Crippen molar-refractivity contribution in [2.45, 2.75) is 19.8 Å². The smallest absolute Gasteiger partial charge is 0.194 e. The van der Waals surface area contributed by atoms with Crippen molar-refractivity contribution in [2.75, 3.05) is 26.4 Å². The molecule has 2 N–H and O–H groups in total. The first-order valence-electron chi connectivity index (χ1n) is 4.68. The molecule has 1 heterocycles. The minimum atomic E-state index is -0.648. The number of aliphatic imine (C=N–C) groups is 1. The molecule has 0 spiro atoms. The molecule has 0 unspecified atom stereocenters. The molecule has 4 nitrogen and oxygen atoms in total. The van der Waals surface area contributed by atoms with E-state index in [1.807, 2.05) is 6.92 Å². The van der Waals surface area contributed by atoms with Crippen LogP contribution < -0.4 is 0 Å². The summed E-state index contributed by atoms with van der Waals surface area (Å²) in [6.45, 7) is 3.02. The molecular formula is C9H17NO3. The molecule has 1 aliphatic rings. The lowest BCUT2D eigenvalue weighted by molar-refractivity contribution is 0.0817. The van der Waals surface area contributed by atoms with E-state index in [4.69, 9.17) is 4.74 Å².